The first kappa shape index (κ1) is 35.5. The minimum absolute atomic E-state index is 0.231. The van der Waals surface area contributed by atoms with Crippen LogP contribution in [0.1, 0.15) is 0 Å². The van der Waals surface area contributed by atoms with Crippen LogP contribution in [-0.2, 0) is 50.6 Å². The van der Waals surface area contributed by atoms with E-state index in [4.69, 9.17) is 0 Å². The van der Waals surface area contributed by atoms with Crippen LogP contribution in [0, 0.1) is 0 Å². The molecule has 0 aliphatic carbocycles. The molecule has 0 spiro atoms. The average molecular weight is 753 g/mol. The molecule has 6 N–H and O–H groups in total. The molecule has 0 aliphatic heterocycles. The SMILES string of the molecule is O=S(=O)(O)c1cc(S(=O)(=O)O)c2c(N=Nc3ccc(N=Nc4ccccc4S(=O)(=O)O)c(S(=O)(=O)O)c3)c(O)c(S(=O)(=O)O)cc2c1. The predicted molar refractivity (Wildman–Crippen MR) is 156 cm³/mol. The number of fused-ring (bicyclic) bond motifs is 1. The molecule has 0 amide bonds. The van der Waals surface area contributed by atoms with Crippen LogP contribution in [0.15, 0.2) is 106 Å². The van der Waals surface area contributed by atoms with Crippen molar-refractivity contribution in [2.75, 3.05) is 0 Å². The van der Waals surface area contributed by atoms with Crippen LogP contribution in [0.3, 0.4) is 0 Å². The van der Waals surface area contributed by atoms with Gasteiger partial charge in [0.2, 0.25) is 0 Å². The monoisotopic (exact) mass is 752 g/mol. The lowest BCUT2D eigenvalue weighted by molar-refractivity contribution is 0.444. The highest BCUT2D eigenvalue weighted by atomic mass is 32.2. The number of benzene rings is 4. The molecule has 0 bridgehead atoms. The summed E-state index contributed by atoms with van der Waals surface area (Å²) in [6.45, 7) is 0. The molecule has 4 aromatic carbocycles. The van der Waals surface area contributed by atoms with Crippen molar-refractivity contribution < 1.29 is 70.0 Å². The molecule has 0 saturated heterocycles. The number of phenols is 1. The third-order valence-corrected chi connectivity index (χ3v) is 10.2. The second-order valence-corrected chi connectivity index (χ2v) is 16.0. The van der Waals surface area contributed by atoms with Crippen molar-refractivity contribution in [3.8, 4) is 5.75 Å². The minimum Gasteiger partial charge on any atom is -0.504 e. The summed E-state index contributed by atoms with van der Waals surface area (Å²) in [5, 5.41) is 23.3. The lowest BCUT2D eigenvalue weighted by atomic mass is 10.1. The molecule has 47 heavy (non-hydrogen) atoms. The Morgan fingerprint density at radius 2 is 1.00 bits per heavy atom. The van der Waals surface area contributed by atoms with E-state index in [2.05, 4.69) is 20.5 Å². The predicted octanol–water partition coefficient (Wildman–Crippen LogP) is 3.61. The van der Waals surface area contributed by atoms with Crippen LogP contribution in [0.2, 0.25) is 0 Å². The number of aromatic hydroxyl groups is 1. The van der Waals surface area contributed by atoms with Gasteiger partial charge in [0, 0.05) is 5.39 Å². The Bertz CT molecular complexity index is 2600. The second kappa shape index (κ2) is 12.0. The molecule has 20 nitrogen and oxygen atoms in total. The van der Waals surface area contributed by atoms with Crippen molar-refractivity contribution in [3.05, 3.63) is 60.7 Å². The van der Waals surface area contributed by atoms with E-state index < -0.39 is 114 Å². The summed E-state index contributed by atoms with van der Waals surface area (Å²) in [5.41, 5.74) is -2.73. The van der Waals surface area contributed by atoms with E-state index in [1.807, 2.05) is 0 Å². The zero-order valence-electron chi connectivity index (χ0n) is 22.4. The summed E-state index contributed by atoms with van der Waals surface area (Å²) in [6.07, 6.45) is 0. The fourth-order valence-corrected chi connectivity index (χ4v) is 7.15. The average Bonchev–Trinajstić information content (AvgIpc) is 2.92. The number of hydrogen-bond donors (Lipinski definition) is 6. The molecule has 4 rings (SSSR count). The Labute approximate surface area is 264 Å². The summed E-state index contributed by atoms with van der Waals surface area (Å²) < 4.78 is 167. The number of rotatable bonds is 9. The summed E-state index contributed by atoms with van der Waals surface area (Å²) in [7, 11) is -26.0. The van der Waals surface area contributed by atoms with Gasteiger partial charge in [-0.15, -0.1) is 15.3 Å². The Morgan fingerprint density at radius 3 is 1.53 bits per heavy atom. The topological polar surface area (TPSA) is 342 Å². The summed E-state index contributed by atoms with van der Waals surface area (Å²) in [4.78, 5) is -5.61. The Balaban J connectivity index is 1.97. The fraction of sp³-hybridized carbons (Fsp3) is 0. The molecule has 0 unspecified atom stereocenters. The van der Waals surface area contributed by atoms with Gasteiger partial charge in [0.15, 0.2) is 5.75 Å². The maximum absolute atomic E-state index is 12.2. The van der Waals surface area contributed by atoms with Gasteiger partial charge in [0.25, 0.3) is 50.6 Å². The zero-order chi connectivity index (χ0) is 35.3. The molecule has 250 valence electrons. The van der Waals surface area contributed by atoms with E-state index in [9.17, 15) is 70.0 Å². The van der Waals surface area contributed by atoms with Crippen LogP contribution < -0.4 is 0 Å². The van der Waals surface area contributed by atoms with Crippen molar-refractivity contribution in [2.45, 2.75) is 24.5 Å². The van der Waals surface area contributed by atoms with Gasteiger partial charge in [0.1, 0.15) is 36.6 Å². The minimum atomic E-state index is -5.44. The van der Waals surface area contributed by atoms with Crippen LogP contribution in [0.4, 0.5) is 22.7 Å². The van der Waals surface area contributed by atoms with E-state index >= 15 is 0 Å². The van der Waals surface area contributed by atoms with Gasteiger partial charge in [-0.3, -0.25) is 22.8 Å². The molecule has 0 aromatic heterocycles. The van der Waals surface area contributed by atoms with Crippen molar-refractivity contribution in [3.63, 3.8) is 0 Å². The number of phenolic OH excluding ortho intramolecular Hbond substituents is 1. The summed E-state index contributed by atoms with van der Waals surface area (Å²) >= 11 is 0. The normalized spacial score (nSPS) is 13.6. The van der Waals surface area contributed by atoms with Gasteiger partial charge in [0.05, 0.1) is 10.6 Å². The third-order valence-electron chi connectivity index (χ3n) is 5.84. The van der Waals surface area contributed by atoms with E-state index in [0.29, 0.717) is 18.2 Å². The maximum atomic E-state index is 12.2. The standard InChI is InChI=1S/C22H16N4O16S5/c27-22-19(47(40,41)42)8-11-7-13(43(28,29)30)10-18(46(37,38)39)20(11)21(22)26-23-12-5-6-15(17(9-12)45(34,35)36)25-24-14-3-1-2-4-16(14)44(31,32)33/h1-10,27H,(H,28,29,30)(H,31,32,33)(H,34,35,36)(H,37,38,39)(H,40,41,42). The number of hydrogen-bond acceptors (Lipinski definition) is 15. The van der Waals surface area contributed by atoms with E-state index in [1.165, 1.54) is 12.1 Å². The van der Waals surface area contributed by atoms with Gasteiger partial charge in [-0.25, -0.2) is 0 Å². The highest BCUT2D eigenvalue weighted by Crippen LogP contribution is 2.45. The van der Waals surface area contributed by atoms with E-state index in [-0.39, 0.29) is 6.07 Å². The smallest absolute Gasteiger partial charge is 0.298 e. The molecule has 0 saturated carbocycles. The first-order valence-corrected chi connectivity index (χ1v) is 18.9. The highest BCUT2D eigenvalue weighted by Gasteiger charge is 2.29. The van der Waals surface area contributed by atoms with Crippen molar-refractivity contribution in [1.29, 1.82) is 0 Å². The fourth-order valence-electron chi connectivity index (χ4n) is 3.90. The number of azo groups is 2. The van der Waals surface area contributed by atoms with Crippen LogP contribution in [0.5, 0.6) is 5.75 Å². The zero-order valence-corrected chi connectivity index (χ0v) is 26.5. The molecule has 0 heterocycles. The molecule has 0 aliphatic rings. The summed E-state index contributed by atoms with van der Waals surface area (Å²) in [5.74, 6) is -1.48. The second-order valence-electron chi connectivity index (χ2n) is 8.99. The van der Waals surface area contributed by atoms with Crippen molar-refractivity contribution >= 4 is 84.1 Å². The first-order valence-electron chi connectivity index (χ1n) is 11.7. The largest absolute Gasteiger partial charge is 0.504 e. The number of nitrogens with zero attached hydrogens (tertiary/aromatic N) is 4. The first-order chi connectivity index (χ1) is 21.4. The van der Waals surface area contributed by atoms with Crippen LogP contribution in [-0.4, -0.2) is 70.0 Å². The van der Waals surface area contributed by atoms with Gasteiger partial charge in [-0.2, -0.15) is 47.2 Å². The molecule has 4 aromatic rings. The molecule has 0 atom stereocenters. The molecule has 0 radical (unpaired) electrons. The molecular weight excluding hydrogens is 737 g/mol. The summed E-state index contributed by atoms with van der Waals surface area (Å²) in [6, 6.07) is 8.11. The van der Waals surface area contributed by atoms with E-state index in [0.717, 1.165) is 24.3 Å². The molecule has 0 fully saturated rings. The van der Waals surface area contributed by atoms with Gasteiger partial charge in [-0.05, 0) is 53.9 Å². The lowest BCUT2D eigenvalue weighted by Crippen LogP contribution is -2.06. The maximum Gasteiger partial charge on any atom is 0.298 e. The van der Waals surface area contributed by atoms with Crippen LogP contribution in [0.25, 0.3) is 10.8 Å². The Morgan fingerprint density at radius 1 is 0.468 bits per heavy atom. The Hall–Kier alpha value is -4.31. The lowest BCUT2D eigenvalue weighted by Gasteiger charge is -2.12. The van der Waals surface area contributed by atoms with Gasteiger partial charge in [-0.1, -0.05) is 12.1 Å². The molecule has 25 heteroatoms. The Kier molecular flexibility index (Phi) is 9.11. The van der Waals surface area contributed by atoms with Gasteiger partial charge < -0.3 is 5.11 Å². The van der Waals surface area contributed by atoms with Crippen molar-refractivity contribution in [2.24, 2.45) is 20.5 Å². The van der Waals surface area contributed by atoms with Crippen LogP contribution >= 0.6 is 0 Å². The van der Waals surface area contributed by atoms with Crippen molar-refractivity contribution in [1.82, 2.24) is 0 Å². The molecular formula is C22H16N4O16S5. The quantitative estimate of drug-likeness (QED) is 0.105. The third kappa shape index (κ3) is 7.81. The highest BCUT2D eigenvalue weighted by molar-refractivity contribution is 7.87. The van der Waals surface area contributed by atoms with Gasteiger partial charge >= 0.3 is 0 Å². The van der Waals surface area contributed by atoms with E-state index in [1.54, 1.807) is 0 Å².